The predicted molar refractivity (Wildman–Crippen MR) is 239 cm³/mol. The van der Waals surface area contributed by atoms with Crippen LogP contribution in [-0.2, 0) is 46.8 Å². The lowest BCUT2D eigenvalue weighted by Gasteiger charge is -2.33. The second kappa shape index (κ2) is 19.8. The van der Waals surface area contributed by atoms with E-state index in [0.29, 0.717) is 6.42 Å². The van der Waals surface area contributed by atoms with Crippen molar-refractivity contribution in [3.8, 4) is 0 Å². The molecule has 0 fully saturated rings. The van der Waals surface area contributed by atoms with Crippen molar-refractivity contribution < 1.29 is 14.7 Å². The lowest BCUT2D eigenvalue weighted by Crippen LogP contribution is -2.38. The molecule has 4 N–H and O–H groups in total. The number of aliphatic carboxylic acids is 1. The van der Waals surface area contributed by atoms with Crippen LogP contribution in [-0.4, -0.2) is 17.0 Å². The van der Waals surface area contributed by atoms with Crippen LogP contribution in [0.3, 0.4) is 0 Å². The summed E-state index contributed by atoms with van der Waals surface area (Å²) in [6.45, 7) is 3.92. The Hall–Kier alpha value is -5.24. The fourth-order valence-corrected chi connectivity index (χ4v) is 8.83. The third kappa shape index (κ3) is 11.9. The fraction of sp³-hybridized carbons (Fsp3) is 0.240. The molecule has 6 aromatic rings. The molecule has 1 amide bonds. The summed E-state index contributed by atoms with van der Waals surface area (Å²) in [6, 6.07) is 53.7. The highest BCUT2D eigenvalue weighted by molar-refractivity contribution is 7.98. The van der Waals surface area contributed by atoms with Gasteiger partial charge in [-0.1, -0.05) is 116 Å². The molecule has 57 heavy (non-hydrogen) atoms. The Morgan fingerprint density at radius 2 is 0.965 bits per heavy atom. The Morgan fingerprint density at radius 3 is 1.44 bits per heavy atom. The number of nitrogen functional groups attached to an aromatic ring is 1. The number of rotatable bonds is 9. The van der Waals surface area contributed by atoms with E-state index in [1.807, 2.05) is 85.0 Å². The van der Waals surface area contributed by atoms with Crippen LogP contribution < -0.4 is 11.1 Å². The van der Waals surface area contributed by atoms with E-state index in [1.165, 1.54) is 43.2 Å². The van der Waals surface area contributed by atoms with Crippen molar-refractivity contribution in [3.05, 3.63) is 191 Å². The number of thioether (sulfide) groups is 2. The summed E-state index contributed by atoms with van der Waals surface area (Å²) in [4.78, 5) is 26.5. The molecule has 2 aliphatic rings. The summed E-state index contributed by atoms with van der Waals surface area (Å²) in [7, 11) is 0. The van der Waals surface area contributed by atoms with Crippen molar-refractivity contribution in [2.45, 2.75) is 73.7 Å². The molecular formula is C50H52N2O3S2. The molecule has 0 saturated heterocycles. The molecule has 5 nitrogen and oxygen atoms in total. The van der Waals surface area contributed by atoms with Gasteiger partial charge in [-0.05, 0) is 127 Å². The molecule has 8 rings (SSSR count). The average Bonchev–Trinajstić information content (AvgIpc) is 3.24. The van der Waals surface area contributed by atoms with Crippen LogP contribution in [0.2, 0.25) is 0 Å². The molecule has 0 spiro atoms. The zero-order valence-electron chi connectivity index (χ0n) is 32.8. The van der Waals surface area contributed by atoms with Crippen molar-refractivity contribution in [2.75, 3.05) is 11.1 Å². The summed E-state index contributed by atoms with van der Waals surface area (Å²) in [5.74, 6) is 1.40. The molecule has 0 aromatic heterocycles. The van der Waals surface area contributed by atoms with Crippen molar-refractivity contribution in [1.82, 2.24) is 0 Å². The first-order valence-corrected chi connectivity index (χ1v) is 21.5. The highest BCUT2D eigenvalue weighted by atomic mass is 32.2. The van der Waals surface area contributed by atoms with Gasteiger partial charge in [0.2, 0.25) is 5.91 Å². The topological polar surface area (TPSA) is 92.4 Å². The second-order valence-corrected chi connectivity index (χ2v) is 17.5. The van der Waals surface area contributed by atoms with Crippen molar-refractivity contribution in [3.63, 3.8) is 0 Å². The van der Waals surface area contributed by atoms with Gasteiger partial charge in [0.25, 0.3) is 0 Å². The van der Waals surface area contributed by atoms with E-state index in [2.05, 4.69) is 115 Å². The molecule has 2 atom stereocenters. The molecule has 0 saturated carbocycles. The van der Waals surface area contributed by atoms with E-state index in [1.54, 1.807) is 0 Å². The Kier molecular flexibility index (Phi) is 14.3. The number of carboxylic acids is 1. The van der Waals surface area contributed by atoms with Gasteiger partial charge >= 0.3 is 5.97 Å². The summed E-state index contributed by atoms with van der Waals surface area (Å²) in [6.07, 6.45) is 4.97. The van der Waals surface area contributed by atoms with Crippen LogP contribution in [0.5, 0.6) is 0 Å². The number of aryl methyl sites for hydroxylation is 2. The Bertz CT molecular complexity index is 2210. The largest absolute Gasteiger partial charge is 0.481 e. The number of carbonyl (C=O) groups is 2. The second-order valence-electron chi connectivity index (χ2n) is 15.4. The smallest absolute Gasteiger partial charge is 0.309 e. The van der Waals surface area contributed by atoms with Gasteiger partial charge in [-0.2, -0.15) is 0 Å². The van der Waals surface area contributed by atoms with Crippen molar-refractivity contribution >= 4 is 46.8 Å². The molecule has 6 aromatic carbocycles. The maximum atomic E-state index is 13.0. The van der Waals surface area contributed by atoms with Gasteiger partial charge in [-0.15, -0.1) is 23.5 Å². The number of hydrogen-bond donors (Lipinski definition) is 3. The minimum atomic E-state index is -0.674. The SMILES string of the molecule is CC1(C(=O)Nc2ccc(SCc3ccccc3)cc2)CCc2ccccc2C1.CC1(C(=O)O)CCc2ccccc2C1.Nc1ccc(SCc2ccccc2)cc1. The lowest BCUT2D eigenvalue weighted by atomic mass is 9.72. The first kappa shape index (κ1) is 41.4. The predicted octanol–water partition coefficient (Wildman–Crippen LogP) is 11.9. The van der Waals surface area contributed by atoms with Gasteiger partial charge in [0.15, 0.2) is 0 Å². The number of hydrogen-bond acceptors (Lipinski definition) is 5. The zero-order chi connectivity index (χ0) is 40.1. The Balaban J connectivity index is 0.000000159. The quantitative estimate of drug-likeness (QED) is 0.0997. The molecule has 0 aliphatic heterocycles. The summed E-state index contributed by atoms with van der Waals surface area (Å²) in [5, 5.41) is 12.3. The number of fused-ring (bicyclic) bond motifs is 2. The van der Waals surface area contributed by atoms with Crippen LogP contribution in [0.1, 0.15) is 60.1 Å². The molecule has 7 heteroatoms. The minimum Gasteiger partial charge on any atom is -0.481 e. The summed E-state index contributed by atoms with van der Waals surface area (Å²) < 4.78 is 0. The third-order valence-corrected chi connectivity index (χ3v) is 13.0. The van der Waals surface area contributed by atoms with Crippen LogP contribution in [0.25, 0.3) is 0 Å². The number of anilines is 2. The average molecular weight is 793 g/mol. The first-order chi connectivity index (χ1) is 27.6. The van der Waals surface area contributed by atoms with Gasteiger partial charge in [0, 0.05) is 32.7 Å². The highest BCUT2D eigenvalue weighted by Gasteiger charge is 2.37. The van der Waals surface area contributed by atoms with Crippen LogP contribution >= 0.6 is 23.5 Å². The Morgan fingerprint density at radius 1 is 0.561 bits per heavy atom. The maximum Gasteiger partial charge on any atom is 0.309 e. The Labute approximate surface area is 346 Å². The molecule has 0 radical (unpaired) electrons. The maximum absolute atomic E-state index is 13.0. The fourth-order valence-electron chi connectivity index (χ4n) is 7.12. The van der Waals surface area contributed by atoms with E-state index in [9.17, 15) is 9.59 Å². The van der Waals surface area contributed by atoms with E-state index in [4.69, 9.17) is 10.8 Å². The number of amides is 1. The number of carboxylic acid groups (broad SMARTS) is 1. The highest BCUT2D eigenvalue weighted by Crippen LogP contribution is 2.37. The van der Waals surface area contributed by atoms with Crippen LogP contribution in [0.4, 0.5) is 11.4 Å². The van der Waals surface area contributed by atoms with E-state index in [-0.39, 0.29) is 11.3 Å². The van der Waals surface area contributed by atoms with Crippen LogP contribution in [0.15, 0.2) is 168 Å². The normalized spacial score (nSPS) is 17.9. The number of carbonyl (C=O) groups excluding carboxylic acids is 1. The zero-order valence-corrected chi connectivity index (χ0v) is 34.5. The van der Waals surface area contributed by atoms with Gasteiger partial charge in [-0.25, -0.2) is 0 Å². The van der Waals surface area contributed by atoms with Gasteiger partial charge in [0.05, 0.1) is 10.8 Å². The molecular weight excluding hydrogens is 741 g/mol. The standard InChI is InChI=1S/C25H25NOS.C13H13NS.C12H14O2/c1-25(16-15-20-9-5-6-10-21(20)17-25)24(27)26-22-11-13-23(14-12-22)28-18-19-7-3-2-4-8-19;14-12-6-8-13(9-7-12)15-10-11-4-2-1-3-5-11;1-12(11(13)14)7-6-9-4-2-3-5-10(9)8-12/h2-14H,15-18H2,1H3,(H,26,27);1-9H,10,14H2;2-5H,6-8H2,1H3,(H,13,14). The number of benzene rings is 6. The van der Waals surface area contributed by atoms with Gasteiger partial charge in [-0.3, -0.25) is 9.59 Å². The van der Waals surface area contributed by atoms with Gasteiger partial charge in [0.1, 0.15) is 0 Å². The first-order valence-electron chi connectivity index (χ1n) is 19.6. The molecule has 2 unspecified atom stereocenters. The molecule has 2 aliphatic carbocycles. The minimum absolute atomic E-state index is 0.117. The molecule has 0 heterocycles. The van der Waals surface area contributed by atoms with E-state index in [0.717, 1.165) is 55.0 Å². The van der Waals surface area contributed by atoms with E-state index >= 15 is 0 Å². The van der Waals surface area contributed by atoms with Crippen molar-refractivity contribution in [1.29, 1.82) is 0 Å². The van der Waals surface area contributed by atoms with Crippen molar-refractivity contribution in [2.24, 2.45) is 10.8 Å². The lowest BCUT2D eigenvalue weighted by molar-refractivity contribution is -0.148. The van der Waals surface area contributed by atoms with Crippen LogP contribution in [0, 0.1) is 10.8 Å². The van der Waals surface area contributed by atoms with E-state index < -0.39 is 11.4 Å². The monoisotopic (exact) mass is 792 g/mol. The third-order valence-electron chi connectivity index (χ3n) is 10.8. The molecule has 292 valence electrons. The summed E-state index contributed by atoms with van der Waals surface area (Å²) >= 11 is 3.63. The number of nitrogens with one attached hydrogen (secondary N) is 1. The number of nitrogens with two attached hydrogens (primary N) is 1. The van der Waals surface area contributed by atoms with Gasteiger partial charge < -0.3 is 16.2 Å². The molecule has 0 bridgehead atoms. The summed E-state index contributed by atoms with van der Waals surface area (Å²) in [5.41, 5.74) is 14.3.